The van der Waals surface area contributed by atoms with Crippen molar-refractivity contribution in [2.24, 2.45) is 10.5 Å². The summed E-state index contributed by atoms with van der Waals surface area (Å²) in [7, 11) is -2.62. The van der Waals surface area contributed by atoms with Gasteiger partial charge in [-0.1, -0.05) is 67.6 Å². The van der Waals surface area contributed by atoms with E-state index in [4.69, 9.17) is 38.5 Å². The van der Waals surface area contributed by atoms with Crippen LogP contribution in [0.4, 0.5) is 9.59 Å². The van der Waals surface area contributed by atoms with Crippen molar-refractivity contribution in [3.63, 3.8) is 0 Å². The van der Waals surface area contributed by atoms with Crippen LogP contribution >= 0.6 is 7.75 Å². The van der Waals surface area contributed by atoms with Gasteiger partial charge in [-0.05, 0) is 68.9 Å². The lowest BCUT2D eigenvalue weighted by atomic mass is 10.1. The maximum absolute atomic E-state index is 13.5. The number of hydrogen-bond donors (Lipinski definition) is 1. The van der Waals surface area contributed by atoms with Gasteiger partial charge in [0.25, 0.3) is 0 Å². The molecule has 0 bridgehead atoms. The fourth-order valence-corrected chi connectivity index (χ4v) is 5.46. The summed E-state index contributed by atoms with van der Waals surface area (Å²) in [5.74, 6) is -0.757. The number of carbonyl (C=O) groups excluding carboxylic acids is 3. The van der Waals surface area contributed by atoms with E-state index in [1.807, 2.05) is 67.6 Å². The van der Waals surface area contributed by atoms with E-state index in [1.165, 1.54) is 11.9 Å². The average molecular weight is 722 g/mol. The summed E-state index contributed by atoms with van der Waals surface area (Å²) in [5, 5.41) is 0. The second-order valence-electron chi connectivity index (χ2n) is 11.2. The van der Waals surface area contributed by atoms with E-state index in [9.17, 15) is 18.9 Å². The molecule has 0 aromatic heterocycles. The van der Waals surface area contributed by atoms with Gasteiger partial charge in [-0.2, -0.15) is 0 Å². The monoisotopic (exact) mass is 721 g/mol. The Morgan fingerprint density at radius 3 is 1.50 bits per heavy atom. The zero-order valence-corrected chi connectivity index (χ0v) is 30.1. The van der Waals surface area contributed by atoms with Crippen LogP contribution in [0.5, 0.6) is 0 Å². The maximum Gasteiger partial charge on any atom is 0.508 e. The van der Waals surface area contributed by atoms with E-state index < -0.39 is 26.0 Å². The molecule has 0 aliphatic heterocycles. The molecule has 2 N–H and O–H groups in total. The molecule has 0 heterocycles. The Morgan fingerprint density at radius 1 is 0.640 bits per heavy atom. The van der Waals surface area contributed by atoms with Gasteiger partial charge in [0.2, 0.25) is 5.96 Å². The number of esters is 1. The van der Waals surface area contributed by atoms with Crippen molar-refractivity contribution in [3.8, 4) is 0 Å². The zero-order valence-electron chi connectivity index (χ0n) is 29.2. The first-order chi connectivity index (χ1) is 24.2. The summed E-state index contributed by atoms with van der Waals surface area (Å²) in [6.45, 7) is 2.49. The predicted molar refractivity (Wildman–Crippen MR) is 188 cm³/mol. The summed E-state index contributed by atoms with van der Waals surface area (Å²) in [4.78, 5) is 37.0. The van der Waals surface area contributed by atoms with E-state index in [0.717, 1.165) is 24.0 Å². The number of aryl methyl sites for hydroxylation is 2. The number of nitrogens with zero attached hydrogens (tertiary/aromatic N) is 2. The summed E-state index contributed by atoms with van der Waals surface area (Å²) >= 11 is 0. The lowest BCUT2D eigenvalue weighted by molar-refractivity contribution is -0.143. The van der Waals surface area contributed by atoms with Crippen molar-refractivity contribution in [2.45, 2.75) is 64.7 Å². The van der Waals surface area contributed by atoms with Crippen molar-refractivity contribution in [1.29, 1.82) is 0 Å². The van der Waals surface area contributed by atoms with Gasteiger partial charge in [-0.3, -0.25) is 13.8 Å². The van der Waals surface area contributed by atoms with Crippen LogP contribution in [0.15, 0.2) is 65.4 Å². The Kier molecular flexibility index (Phi) is 21.7. The van der Waals surface area contributed by atoms with Gasteiger partial charge in [-0.15, -0.1) is 4.76 Å². The Labute approximate surface area is 295 Å². The third-order valence-electron chi connectivity index (χ3n) is 6.82. The third-order valence-corrected chi connectivity index (χ3v) is 8.29. The molecule has 0 spiro atoms. The number of benzene rings is 2. The van der Waals surface area contributed by atoms with E-state index >= 15 is 0 Å². The maximum atomic E-state index is 13.5. The molecule has 0 saturated heterocycles. The van der Waals surface area contributed by atoms with Gasteiger partial charge < -0.3 is 34.3 Å². The van der Waals surface area contributed by atoms with Gasteiger partial charge in [-0.25, -0.2) is 14.2 Å². The molecule has 0 saturated carbocycles. The highest BCUT2D eigenvalue weighted by atomic mass is 31.2. The number of nitrogens with two attached hydrogens (primary N) is 1. The summed E-state index contributed by atoms with van der Waals surface area (Å²) in [6, 6.07) is 19.8. The van der Waals surface area contributed by atoms with E-state index in [1.54, 1.807) is 0 Å². The Hall–Kier alpha value is -4.13. The SMILES string of the molecule is CCCOC(=O)CN(C)C(N)=NP(=O)(OCCCCOC(=O)OCCCc1ccccc1)OCCCCOC(=O)OCCCc1ccccc1. The summed E-state index contributed by atoms with van der Waals surface area (Å²) < 4.78 is 54.0. The van der Waals surface area contributed by atoms with Crippen molar-refractivity contribution in [2.75, 3.05) is 59.8 Å². The quantitative estimate of drug-likeness (QED) is 0.0296. The molecular weight excluding hydrogens is 669 g/mol. The molecule has 0 fully saturated rings. The van der Waals surface area contributed by atoms with E-state index in [-0.39, 0.29) is 58.8 Å². The van der Waals surface area contributed by atoms with Crippen LogP contribution in [0.25, 0.3) is 0 Å². The number of hydrogen-bond acceptors (Lipinski definition) is 11. The van der Waals surface area contributed by atoms with Crippen LogP contribution in [0.2, 0.25) is 0 Å². The number of likely N-dealkylation sites (N-methyl/N-ethyl adjacent to an activating group) is 1. The first kappa shape index (κ1) is 42.0. The van der Waals surface area contributed by atoms with Crippen molar-refractivity contribution in [1.82, 2.24) is 4.90 Å². The molecule has 0 aliphatic carbocycles. The summed E-state index contributed by atoms with van der Waals surface area (Å²) in [5.41, 5.74) is 8.33. The Morgan fingerprint density at radius 2 is 1.06 bits per heavy atom. The van der Waals surface area contributed by atoms with Crippen LogP contribution in [0, 0.1) is 0 Å². The number of ether oxygens (including phenoxy) is 5. The lowest BCUT2D eigenvalue weighted by Crippen LogP contribution is -2.38. The minimum Gasteiger partial charge on any atom is -0.464 e. The molecule has 0 atom stereocenters. The minimum atomic E-state index is -4.11. The molecular formula is C35H52N3O11P. The van der Waals surface area contributed by atoms with Crippen LogP contribution in [-0.2, 0) is 54.9 Å². The molecule has 0 aliphatic rings. The zero-order chi connectivity index (χ0) is 36.3. The number of unbranched alkanes of at least 4 members (excludes halogenated alkanes) is 2. The first-order valence-corrected chi connectivity index (χ1v) is 18.5. The van der Waals surface area contributed by atoms with Crippen LogP contribution in [0.1, 0.15) is 63.0 Å². The van der Waals surface area contributed by atoms with Gasteiger partial charge in [0.1, 0.15) is 6.54 Å². The molecule has 50 heavy (non-hydrogen) atoms. The van der Waals surface area contributed by atoms with Crippen LogP contribution in [0.3, 0.4) is 0 Å². The smallest absolute Gasteiger partial charge is 0.464 e. The molecule has 2 aromatic rings. The second-order valence-corrected chi connectivity index (χ2v) is 12.8. The second kappa shape index (κ2) is 25.8. The van der Waals surface area contributed by atoms with Crippen molar-refractivity contribution < 1.29 is 51.7 Å². The molecule has 0 radical (unpaired) electrons. The van der Waals surface area contributed by atoms with Crippen LogP contribution in [-0.4, -0.2) is 89.0 Å². The average Bonchev–Trinajstić information content (AvgIpc) is 3.11. The van der Waals surface area contributed by atoms with Crippen LogP contribution < -0.4 is 5.73 Å². The third kappa shape index (κ3) is 20.4. The first-order valence-electron chi connectivity index (χ1n) is 17.0. The predicted octanol–water partition coefficient (Wildman–Crippen LogP) is 6.46. The molecule has 14 nitrogen and oxygen atoms in total. The molecule has 2 aromatic carbocycles. The normalized spacial score (nSPS) is 11.4. The number of guanidine groups is 1. The van der Waals surface area contributed by atoms with Crippen molar-refractivity contribution >= 4 is 32.0 Å². The Balaban J connectivity index is 1.71. The van der Waals surface area contributed by atoms with Gasteiger partial charge >= 0.3 is 26.0 Å². The summed E-state index contributed by atoms with van der Waals surface area (Å²) in [6.07, 6.45) is 3.62. The standard InChI is InChI=1S/C35H52N3O11P/c1-3-22-43-32(39)29-38(2)33(36)37-50(42,48-27-12-10-23-44-34(40)46-25-14-20-30-16-6-4-7-17-30)49-28-13-11-24-45-35(41)47-26-15-21-31-18-8-5-9-19-31/h4-9,16-19H,3,10-15,20-29H2,1-2H3,(H2,36,37,42). The highest BCUT2D eigenvalue weighted by Crippen LogP contribution is 2.50. The largest absolute Gasteiger partial charge is 0.508 e. The highest BCUT2D eigenvalue weighted by molar-refractivity contribution is 7.52. The van der Waals surface area contributed by atoms with E-state index in [2.05, 4.69) is 4.76 Å². The fraction of sp³-hybridized carbons (Fsp3) is 0.543. The molecule has 2 rings (SSSR count). The number of carbonyl (C=O) groups is 3. The van der Waals surface area contributed by atoms with Gasteiger partial charge in [0.15, 0.2) is 0 Å². The highest BCUT2D eigenvalue weighted by Gasteiger charge is 2.26. The molecule has 0 amide bonds. The Bertz CT molecular complexity index is 1240. The molecule has 278 valence electrons. The molecule has 15 heteroatoms. The van der Waals surface area contributed by atoms with Gasteiger partial charge in [0.05, 0.1) is 46.2 Å². The van der Waals surface area contributed by atoms with Crippen molar-refractivity contribution in [3.05, 3.63) is 71.8 Å². The van der Waals surface area contributed by atoms with Gasteiger partial charge in [0, 0.05) is 7.05 Å². The van der Waals surface area contributed by atoms with E-state index in [0.29, 0.717) is 44.9 Å². The molecule has 0 unspecified atom stereocenters. The fourth-order valence-electron chi connectivity index (χ4n) is 4.15. The lowest BCUT2D eigenvalue weighted by Gasteiger charge is -2.20. The topological polar surface area (TPSA) is 175 Å². The minimum absolute atomic E-state index is 0.0367. The number of rotatable bonds is 25.